The molecular formula is C16H25N5O2. The molecule has 0 saturated carbocycles. The fourth-order valence-electron chi connectivity index (χ4n) is 3.32. The lowest BCUT2D eigenvalue weighted by Gasteiger charge is -2.32. The standard InChI is InChI=1S/C16H25N5O2/c1-16(7-6-13(22)17-11-16)14-18-19-15(21(14)3)20(2)9-12-5-4-8-23-10-12/h5H,4,6-11H2,1-3H3,(H,17,22). The minimum absolute atomic E-state index is 0.117. The summed E-state index contributed by atoms with van der Waals surface area (Å²) in [6.45, 7) is 5.04. The first-order valence-electron chi connectivity index (χ1n) is 8.13. The molecule has 0 bridgehead atoms. The number of rotatable bonds is 4. The van der Waals surface area contributed by atoms with Crippen LogP contribution in [-0.4, -0.2) is 54.0 Å². The lowest BCUT2D eigenvalue weighted by atomic mass is 9.81. The maximum Gasteiger partial charge on any atom is 0.227 e. The van der Waals surface area contributed by atoms with Gasteiger partial charge in [0.25, 0.3) is 0 Å². The Bertz CT molecular complexity index is 612. The van der Waals surface area contributed by atoms with Gasteiger partial charge < -0.3 is 15.0 Å². The van der Waals surface area contributed by atoms with Crippen molar-refractivity contribution in [2.45, 2.75) is 31.6 Å². The Hall–Kier alpha value is -1.89. The molecule has 1 saturated heterocycles. The summed E-state index contributed by atoms with van der Waals surface area (Å²) in [6.07, 6.45) is 4.56. The lowest BCUT2D eigenvalue weighted by molar-refractivity contribution is -0.123. The monoisotopic (exact) mass is 319 g/mol. The predicted octanol–water partition coefficient (Wildman–Crippen LogP) is 0.766. The van der Waals surface area contributed by atoms with Crippen LogP contribution in [0.4, 0.5) is 5.95 Å². The molecule has 1 fully saturated rings. The number of likely N-dealkylation sites (N-methyl/N-ethyl adjacent to an activating group) is 1. The van der Waals surface area contributed by atoms with Crippen LogP contribution in [0.3, 0.4) is 0 Å². The Balaban J connectivity index is 1.76. The molecule has 1 amide bonds. The van der Waals surface area contributed by atoms with Crippen LogP contribution in [0.2, 0.25) is 0 Å². The summed E-state index contributed by atoms with van der Waals surface area (Å²) >= 11 is 0. The lowest BCUT2D eigenvalue weighted by Crippen LogP contribution is -2.45. The Kier molecular flexibility index (Phi) is 4.39. The zero-order valence-corrected chi connectivity index (χ0v) is 14.1. The van der Waals surface area contributed by atoms with Gasteiger partial charge in [-0.3, -0.25) is 9.36 Å². The first-order valence-corrected chi connectivity index (χ1v) is 8.13. The Morgan fingerprint density at radius 3 is 2.96 bits per heavy atom. The number of carbonyl (C=O) groups excluding carboxylic acids is 1. The summed E-state index contributed by atoms with van der Waals surface area (Å²) in [5, 5.41) is 11.7. The van der Waals surface area contributed by atoms with Gasteiger partial charge in [-0.1, -0.05) is 13.0 Å². The fourth-order valence-corrected chi connectivity index (χ4v) is 3.32. The van der Waals surface area contributed by atoms with Crippen molar-refractivity contribution in [2.75, 3.05) is 38.3 Å². The molecular weight excluding hydrogens is 294 g/mol. The van der Waals surface area contributed by atoms with Crippen molar-refractivity contribution in [3.05, 3.63) is 17.5 Å². The van der Waals surface area contributed by atoms with Gasteiger partial charge in [0.2, 0.25) is 11.9 Å². The van der Waals surface area contributed by atoms with E-state index in [9.17, 15) is 4.79 Å². The molecule has 3 rings (SSSR count). The first-order chi connectivity index (χ1) is 11.0. The van der Waals surface area contributed by atoms with Crippen LogP contribution < -0.4 is 10.2 Å². The van der Waals surface area contributed by atoms with Crippen molar-refractivity contribution in [1.82, 2.24) is 20.1 Å². The maximum absolute atomic E-state index is 11.4. The quantitative estimate of drug-likeness (QED) is 0.830. The van der Waals surface area contributed by atoms with Gasteiger partial charge in [-0.25, -0.2) is 0 Å². The van der Waals surface area contributed by atoms with Crippen molar-refractivity contribution in [1.29, 1.82) is 0 Å². The summed E-state index contributed by atoms with van der Waals surface area (Å²) < 4.78 is 7.54. The summed E-state index contributed by atoms with van der Waals surface area (Å²) in [5.41, 5.74) is 1.11. The van der Waals surface area contributed by atoms with E-state index in [0.29, 0.717) is 19.6 Å². The second-order valence-electron chi connectivity index (χ2n) is 6.78. The molecule has 0 aromatic carbocycles. The minimum Gasteiger partial charge on any atom is -0.377 e. The molecule has 1 atom stereocenters. The van der Waals surface area contributed by atoms with Crippen molar-refractivity contribution >= 4 is 11.9 Å². The highest BCUT2D eigenvalue weighted by atomic mass is 16.5. The summed E-state index contributed by atoms with van der Waals surface area (Å²) in [4.78, 5) is 13.5. The summed E-state index contributed by atoms with van der Waals surface area (Å²) in [7, 11) is 4.02. The van der Waals surface area contributed by atoms with Gasteiger partial charge in [-0.05, 0) is 18.4 Å². The molecule has 0 radical (unpaired) electrons. The van der Waals surface area contributed by atoms with E-state index in [1.54, 1.807) is 0 Å². The Labute approximate surface area is 136 Å². The normalized spacial score (nSPS) is 25.0. The zero-order valence-electron chi connectivity index (χ0n) is 14.1. The van der Waals surface area contributed by atoms with Crippen molar-refractivity contribution < 1.29 is 9.53 Å². The molecule has 1 aromatic rings. The Morgan fingerprint density at radius 2 is 2.30 bits per heavy atom. The third-order valence-electron chi connectivity index (χ3n) is 4.74. The van der Waals surface area contributed by atoms with Crippen molar-refractivity contribution in [2.24, 2.45) is 7.05 Å². The van der Waals surface area contributed by atoms with E-state index in [1.165, 1.54) is 5.57 Å². The number of ether oxygens (including phenoxy) is 1. The van der Waals surface area contributed by atoms with E-state index in [-0.39, 0.29) is 11.3 Å². The van der Waals surface area contributed by atoms with E-state index in [0.717, 1.165) is 37.8 Å². The number of piperidine rings is 1. The number of carbonyl (C=O) groups is 1. The minimum atomic E-state index is -0.165. The molecule has 7 heteroatoms. The van der Waals surface area contributed by atoms with Crippen LogP contribution in [0.15, 0.2) is 11.6 Å². The molecule has 2 aliphatic rings. The molecule has 1 N–H and O–H groups in total. The van der Waals surface area contributed by atoms with Crippen LogP contribution in [0.25, 0.3) is 0 Å². The SMILES string of the molecule is CN(CC1=CCCOC1)c1nnc(C2(C)CCC(=O)NC2)n1C. The molecule has 2 aliphatic heterocycles. The van der Waals surface area contributed by atoms with Gasteiger partial charge in [0.05, 0.1) is 13.2 Å². The van der Waals surface area contributed by atoms with Crippen LogP contribution in [0, 0.1) is 0 Å². The first kappa shape index (κ1) is 16.0. The smallest absolute Gasteiger partial charge is 0.227 e. The topological polar surface area (TPSA) is 72.3 Å². The number of anilines is 1. The highest BCUT2D eigenvalue weighted by Gasteiger charge is 2.36. The van der Waals surface area contributed by atoms with E-state index < -0.39 is 0 Å². The molecule has 3 heterocycles. The Morgan fingerprint density at radius 1 is 1.48 bits per heavy atom. The third-order valence-corrected chi connectivity index (χ3v) is 4.74. The fraction of sp³-hybridized carbons (Fsp3) is 0.688. The van der Waals surface area contributed by atoms with Gasteiger partial charge in [0, 0.05) is 39.0 Å². The average molecular weight is 319 g/mol. The maximum atomic E-state index is 11.4. The van der Waals surface area contributed by atoms with Gasteiger partial charge in [-0.2, -0.15) is 0 Å². The highest BCUT2D eigenvalue weighted by Crippen LogP contribution is 2.31. The predicted molar refractivity (Wildman–Crippen MR) is 87.4 cm³/mol. The van der Waals surface area contributed by atoms with Crippen LogP contribution in [-0.2, 0) is 22.0 Å². The van der Waals surface area contributed by atoms with E-state index in [1.807, 2.05) is 18.7 Å². The van der Waals surface area contributed by atoms with Crippen LogP contribution >= 0.6 is 0 Å². The number of hydrogen-bond acceptors (Lipinski definition) is 5. The number of hydrogen-bond donors (Lipinski definition) is 1. The third kappa shape index (κ3) is 3.24. The zero-order chi connectivity index (χ0) is 16.4. The highest BCUT2D eigenvalue weighted by molar-refractivity contribution is 5.77. The average Bonchev–Trinajstić information content (AvgIpc) is 2.94. The van der Waals surface area contributed by atoms with Gasteiger partial charge >= 0.3 is 0 Å². The number of aromatic nitrogens is 3. The van der Waals surface area contributed by atoms with E-state index in [2.05, 4.69) is 33.4 Å². The molecule has 23 heavy (non-hydrogen) atoms. The van der Waals surface area contributed by atoms with Crippen LogP contribution in [0.5, 0.6) is 0 Å². The summed E-state index contributed by atoms with van der Waals surface area (Å²) in [6, 6.07) is 0. The molecule has 126 valence electrons. The van der Waals surface area contributed by atoms with Crippen LogP contribution in [0.1, 0.15) is 32.0 Å². The number of amides is 1. The second-order valence-corrected chi connectivity index (χ2v) is 6.78. The van der Waals surface area contributed by atoms with E-state index >= 15 is 0 Å². The van der Waals surface area contributed by atoms with Gasteiger partial charge in [0.1, 0.15) is 5.82 Å². The van der Waals surface area contributed by atoms with Crippen molar-refractivity contribution in [3.63, 3.8) is 0 Å². The molecule has 1 aromatic heterocycles. The van der Waals surface area contributed by atoms with E-state index in [4.69, 9.17) is 4.74 Å². The summed E-state index contributed by atoms with van der Waals surface area (Å²) in [5.74, 6) is 1.88. The molecule has 0 aliphatic carbocycles. The van der Waals surface area contributed by atoms with Crippen molar-refractivity contribution in [3.8, 4) is 0 Å². The number of nitrogens with zero attached hydrogens (tertiary/aromatic N) is 4. The largest absolute Gasteiger partial charge is 0.377 e. The molecule has 7 nitrogen and oxygen atoms in total. The second kappa shape index (κ2) is 6.31. The molecule has 1 unspecified atom stereocenters. The molecule has 0 spiro atoms. The van der Waals surface area contributed by atoms with Gasteiger partial charge in [-0.15, -0.1) is 10.2 Å². The van der Waals surface area contributed by atoms with Gasteiger partial charge in [0.15, 0.2) is 0 Å². The number of nitrogens with one attached hydrogen (secondary N) is 1.